The number of hydroxylamine groups is 1. The lowest BCUT2D eigenvalue weighted by Crippen LogP contribution is -2.44. The van der Waals surface area contributed by atoms with Crippen LogP contribution in [0.15, 0.2) is 0 Å². The first kappa shape index (κ1) is 16.6. The Morgan fingerprint density at radius 2 is 1.74 bits per heavy atom. The van der Waals surface area contributed by atoms with Gasteiger partial charge in [-0.15, -0.1) is 5.48 Å². The predicted molar refractivity (Wildman–Crippen MR) is 55.7 cm³/mol. The number of carboxylic acids is 2. The average molecular weight is 279 g/mol. The van der Waals surface area contributed by atoms with Crippen molar-refractivity contribution < 1.29 is 44.1 Å². The van der Waals surface area contributed by atoms with Gasteiger partial charge in [0.1, 0.15) is 0 Å². The van der Waals surface area contributed by atoms with Crippen LogP contribution in [0.2, 0.25) is 0 Å². The van der Waals surface area contributed by atoms with Crippen LogP contribution < -0.4 is 5.48 Å². The lowest BCUT2D eigenvalue weighted by Gasteiger charge is -2.19. The third-order valence-corrected chi connectivity index (χ3v) is 1.80. The fourth-order valence-electron chi connectivity index (χ4n) is 0.998. The molecule has 0 aromatic rings. The maximum atomic E-state index is 11.1. The fraction of sp³-hybridized carbons (Fsp3) is 0.556. The van der Waals surface area contributed by atoms with Crippen LogP contribution in [0.25, 0.3) is 0 Å². The van der Waals surface area contributed by atoms with Crippen molar-refractivity contribution in [3.8, 4) is 0 Å². The fourth-order valence-corrected chi connectivity index (χ4v) is 0.998. The van der Waals surface area contributed by atoms with E-state index in [1.807, 2.05) is 0 Å². The minimum atomic E-state index is -2.82. The summed E-state index contributed by atoms with van der Waals surface area (Å²) < 4.78 is 4.33. The Kier molecular flexibility index (Phi) is 6.27. The highest BCUT2D eigenvalue weighted by molar-refractivity contribution is 5.88. The van der Waals surface area contributed by atoms with E-state index in [0.29, 0.717) is 0 Å². The molecule has 0 aliphatic rings. The van der Waals surface area contributed by atoms with Crippen LogP contribution in [0.5, 0.6) is 0 Å². The molecule has 0 fully saturated rings. The molecule has 10 nitrogen and oxygen atoms in total. The predicted octanol–water partition coefficient (Wildman–Crippen LogP) is -1.13. The number of hydrogen-bond acceptors (Lipinski definition) is 7. The summed E-state index contributed by atoms with van der Waals surface area (Å²) in [7, 11) is 0. The monoisotopic (exact) mass is 279 g/mol. The number of amides is 1. The van der Waals surface area contributed by atoms with Crippen molar-refractivity contribution in [1.29, 1.82) is 0 Å². The van der Waals surface area contributed by atoms with E-state index in [9.17, 15) is 24.3 Å². The standard InChI is InChI=1S/C9H13NO9/c1-2-18-8(16)10-19-6(13)4-9(17,7(14)15)3-5(11)12/h17H,2-4H2,1H3,(H,10,16)(H,11,12)(H,14,15). The Labute approximate surface area is 106 Å². The zero-order valence-corrected chi connectivity index (χ0v) is 9.91. The number of ether oxygens (including phenoxy) is 1. The SMILES string of the molecule is CCOC(=O)NOC(=O)CC(O)(CC(=O)O)C(=O)O. The second-order valence-electron chi connectivity index (χ2n) is 3.38. The molecular formula is C9H13NO9. The lowest BCUT2D eigenvalue weighted by atomic mass is 9.96. The molecule has 1 atom stereocenters. The normalized spacial score (nSPS) is 12.9. The minimum Gasteiger partial charge on any atom is -0.481 e. The molecule has 0 saturated heterocycles. The third kappa shape index (κ3) is 6.21. The lowest BCUT2D eigenvalue weighted by molar-refractivity contribution is -0.173. The van der Waals surface area contributed by atoms with E-state index < -0.39 is 42.4 Å². The molecule has 0 rings (SSSR count). The summed E-state index contributed by atoms with van der Waals surface area (Å²) >= 11 is 0. The molecule has 1 amide bonds. The van der Waals surface area contributed by atoms with Crippen LogP contribution in [-0.4, -0.2) is 51.5 Å². The molecule has 1 unspecified atom stereocenters. The van der Waals surface area contributed by atoms with Crippen LogP contribution in [0, 0.1) is 0 Å². The van der Waals surface area contributed by atoms with Gasteiger partial charge in [0.2, 0.25) is 0 Å². The van der Waals surface area contributed by atoms with Gasteiger partial charge in [0.05, 0.1) is 19.4 Å². The van der Waals surface area contributed by atoms with E-state index in [1.54, 1.807) is 0 Å². The van der Waals surface area contributed by atoms with Gasteiger partial charge >= 0.3 is 24.0 Å². The first-order valence-electron chi connectivity index (χ1n) is 5.01. The van der Waals surface area contributed by atoms with Crippen molar-refractivity contribution in [1.82, 2.24) is 5.48 Å². The van der Waals surface area contributed by atoms with Gasteiger partial charge in [-0.05, 0) is 6.92 Å². The molecule has 0 aliphatic carbocycles. The second kappa shape index (κ2) is 7.16. The first-order valence-corrected chi connectivity index (χ1v) is 5.01. The summed E-state index contributed by atoms with van der Waals surface area (Å²) in [6, 6.07) is 0. The second-order valence-corrected chi connectivity index (χ2v) is 3.38. The van der Waals surface area contributed by atoms with E-state index in [0.717, 1.165) is 0 Å². The Balaban J connectivity index is 4.45. The van der Waals surface area contributed by atoms with Crippen molar-refractivity contribution in [3.63, 3.8) is 0 Å². The van der Waals surface area contributed by atoms with Crippen molar-refractivity contribution in [2.45, 2.75) is 25.4 Å². The molecule has 0 radical (unpaired) electrons. The Bertz CT molecular complexity index is 380. The summed E-state index contributed by atoms with van der Waals surface area (Å²) in [5.74, 6) is -4.85. The van der Waals surface area contributed by atoms with E-state index in [1.165, 1.54) is 12.4 Å². The molecular weight excluding hydrogens is 266 g/mol. The maximum absolute atomic E-state index is 11.1. The molecule has 0 saturated carbocycles. The molecule has 0 heterocycles. The quantitative estimate of drug-likeness (QED) is 0.441. The number of aliphatic hydroxyl groups is 1. The van der Waals surface area contributed by atoms with Gasteiger partial charge in [-0.3, -0.25) is 4.79 Å². The summed E-state index contributed by atoms with van der Waals surface area (Å²) in [4.78, 5) is 47.1. The molecule has 10 heteroatoms. The van der Waals surface area contributed by atoms with Crippen molar-refractivity contribution in [3.05, 3.63) is 0 Å². The smallest absolute Gasteiger partial charge is 0.440 e. The number of nitrogens with one attached hydrogen (secondary N) is 1. The first-order chi connectivity index (χ1) is 8.71. The van der Waals surface area contributed by atoms with E-state index in [-0.39, 0.29) is 6.61 Å². The molecule has 0 spiro atoms. The van der Waals surface area contributed by atoms with Crippen molar-refractivity contribution in [2.75, 3.05) is 6.61 Å². The van der Waals surface area contributed by atoms with Crippen molar-refractivity contribution >= 4 is 24.0 Å². The van der Waals surface area contributed by atoms with Gasteiger partial charge in [0, 0.05) is 0 Å². The number of carbonyl (C=O) groups is 4. The highest BCUT2D eigenvalue weighted by Gasteiger charge is 2.41. The minimum absolute atomic E-state index is 0.0153. The molecule has 0 aliphatic heterocycles. The van der Waals surface area contributed by atoms with Gasteiger partial charge in [-0.1, -0.05) is 0 Å². The Morgan fingerprint density at radius 1 is 1.16 bits per heavy atom. The van der Waals surface area contributed by atoms with Gasteiger partial charge in [-0.25, -0.2) is 14.4 Å². The molecule has 4 N–H and O–H groups in total. The Morgan fingerprint density at radius 3 is 2.16 bits per heavy atom. The van der Waals surface area contributed by atoms with Crippen LogP contribution in [0.1, 0.15) is 19.8 Å². The highest BCUT2D eigenvalue weighted by Crippen LogP contribution is 2.16. The largest absolute Gasteiger partial charge is 0.481 e. The number of rotatable bonds is 6. The number of carbonyl (C=O) groups excluding carboxylic acids is 2. The molecule has 108 valence electrons. The van der Waals surface area contributed by atoms with Gasteiger partial charge < -0.3 is 24.9 Å². The van der Waals surface area contributed by atoms with Gasteiger partial charge in [0.15, 0.2) is 5.60 Å². The van der Waals surface area contributed by atoms with Crippen LogP contribution in [0.4, 0.5) is 4.79 Å². The summed E-state index contributed by atoms with van der Waals surface area (Å²) in [5.41, 5.74) is -1.28. The zero-order valence-electron chi connectivity index (χ0n) is 9.91. The third-order valence-electron chi connectivity index (χ3n) is 1.80. The van der Waals surface area contributed by atoms with Gasteiger partial charge in [-0.2, -0.15) is 0 Å². The van der Waals surface area contributed by atoms with Crippen LogP contribution >= 0.6 is 0 Å². The topological polar surface area (TPSA) is 159 Å². The average Bonchev–Trinajstić information content (AvgIpc) is 2.25. The highest BCUT2D eigenvalue weighted by atomic mass is 16.7. The van der Waals surface area contributed by atoms with Crippen molar-refractivity contribution in [2.24, 2.45) is 0 Å². The van der Waals surface area contributed by atoms with E-state index >= 15 is 0 Å². The number of aliphatic carboxylic acids is 2. The summed E-state index contributed by atoms with van der Waals surface area (Å²) in [6.07, 6.45) is -3.44. The summed E-state index contributed by atoms with van der Waals surface area (Å²) in [6.45, 7) is 1.51. The van der Waals surface area contributed by atoms with Crippen LogP contribution in [0.3, 0.4) is 0 Å². The number of hydrogen-bond donors (Lipinski definition) is 4. The zero-order chi connectivity index (χ0) is 15.1. The molecule has 19 heavy (non-hydrogen) atoms. The molecule has 0 aromatic carbocycles. The Hall–Kier alpha value is -2.36. The number of carboxylic acid groups (broad SMARTS) is 2. The van der Waals surface area contributed by atoms with Gasteiger partial charge in [0.25, 0.3) is 0 Å². The van der Waals surface area contributed by atoms with E-state index in [4.69, 9.17) is 10.2 Å². The molecule has 0 bridgehead atoms. The van der Waals surface area contributed by atoms with E-state index in [2.05, 4.69) is 9.57 Å². The molecule has 0 aromatic heterocycles. The van der Waals surface area contributed by atoms with Crippen LogP contribution in [-0.2, 0) is 24.0 Å². The maximum Gasteiger partial charge on any atom is 0.440 e. The summed E-state index contributed by atoms with van der Waals surface area (Å²) in [5, 5.41) is 26.6.